The van der Waals surface area contributed by atoms with Crippen LogP contribution in [0.4, 0.5) is 0 Å². The van der Waals surface area contributed by atoms with Gasteiger partial charge in [-0.3, -0.25) is 0 Å². The van der Waals surface area contributed by atoms with Crippen LogP contribution in [-0.2, 0) is 5.41 Å². The summed E-state index contributed by atoms with van der Waals surface area (Å²) in [5.41, 5.74) is 3.72. The molecule has 1 heteroatoms. The van der Waals surface area contributed by atoms with Gasteiger partial charge in [-0.25, -0.2) is 0 Å². The van der Waals surface area contributed by atoms with E-state index in [1.54, 1.807) is 0 Å². The highest BCUT2D eigenvalue weighted by Gasteiger charge is 2.15. The molecule has 0 N–H and O–H groups in total. The molecule has 0 radical (unpaired) electrons. The van der Waals surface area contributed by atoms with Gasteiger partial charge >= 0.3 is 0 Å². The Morgan fingerprint density at radius 2 is 1.36 bits per heavy atom. The molecule has 2 aromatic rings. The fraction of sp³-hybridized carbons (Fsp3) is 0.333. The molecule has 0 saturated carbocycles. The molecule has 0 aliphatic carbocycles. The molecule has 0 nitrogen and oxygen atoms in total. The smallest absolute Gasteiger partial charge is 0.0656 e. The van der Waals surface area contributed by atoms with Crippen molar-refractivity contribution in [1.82, 2.24) is 0 Å². The monoisotopic (exact) mass is 306 g/mol. The van der Waals surface area contributed by atoms with E-state index in [0.29, 0.717) is 0 Å². The minimum absolute atomic E-state index is 0.192. The van der Waals surface area contributed by atoms with Crippen LogP contribution in [0.5, 0.6) is 0 Å². The third-order valence-corrected chi connectivity index (χ3v) is 5.87. The Bertz CT molecular complexity index is 699. The van der Waals surface area contributed by atoms with Crippen LogP contribution in [0.3, 0.4) is 0 Å². The zero-order valence-electron chi connectivity index (χ0n) is 14.6. The minimum atomic E-state index is -1.27. The number of rotatable bonds is 1. The van der Waals surface area contributed by atoms with Crippen LogP contribution in [0.25, 0.3) is 0 Å². The van der Waals surface area contributed by atoms with E-state index >= 15 is 0 Å². The van der Waals surface area contributed by atoms with Crippen molar-refractivity contribution in [2.75, 3.05) is 0 Å². The van der Waals surface area contributed by atoms with Crippen molar-refractivity contribution in [2.45, 2.75) is 45.8 Å². The summed E-state index contributed by atoms with van der Waals surface area (Å²) in [6, 6.07) is 17.3. The first-order valence-corrected chi connectivity index (χ1v) is 11.4. The second-order valence-corrected chi connectivity index (χ2v) is 13.0. The Hall–Kier alpha value is -1.78. The standard InChI is InChI=1S/C21H26Si/c1-21(2,3)19-14-12-17(13-15-19)10-11-18-8-7-9-20(16-18)22(4,5)6/h7-9,12-16H,1-6H3. The van der Waals surface area contributed by atoms with E-state index in [4.69, 9.17) is 0 Å². The van der Waals surface area contributed by atoms with Gasteiger partial charge in [-0.05, 0) is 35.2 Å². The third kappa shape index (κ3) is 4.35. The van der Waals surface area contributed by atoms with Gasteiger partial charge in [0.1, 0.15) is 0 Å². The van der Waals surface area contributed by atoms with Crippen LogP contribution in [0.1, 0.15) is 37.5 Å². The highest BCUT2D eigenvalue weighted by atomic mass is 28.3. The first kappa shape index (κ1) is 16.6. The van der Waals surface area contributed by atoms with Crippen molar-refractivity contribution >= 4 is 13.3 Å². The molecule has 0 unspecified atom stereocenters. The minimum Gasteiger partial charge on any atom is -0.0656 e. The van der Waals surface area contributed by atoms with E-state index in [-0.39, 0.29) is 5.41 Å². The predicted molar refractivity (Wildman–Crippen MR) is 101 cm³/mol. The van der Waals surface area contributed by atoms with Crippen molar-refractivity contribution in [1.29, 1.82) is 0 Å². The average Bonchev–Trinajstić information content (AvgIpc) is 2.44. The van der Waals surface area contributed by atoms with Crippen molar-refractivity contribution in [3.63, 3.8) is 0 Å². The highest BCUT2D eigenvalue weighted by Crippen LogP contribution is 2.21. The lowest BCUT2D eigenvalue weighted by molar-refractivity contribution is 0.590. The zero-order valence-corrected chi connectivity index (χ0v) is 15.6. The molecule has 0 saturated heterocycles. The van der Waals surface area contributed by atoms with Gasteiger partial charge in [0.05, 0.1) is 8.07 Å². The van der Waals surface area contributed by atoms with E-state index in [1.165, 1.54) is 10.8 Å². The third-order valence-electron chi connectivity index (χ3n) is 3.83. The largest absolute Gasteiger partial charge is 0.0776 e. The summed E-state index contributed by atoms with van der Waals surface area (Å²) in [4.78, 5) is 0. The van der Waals surface area contributed by atoms with Crippen molar-refractivity contribution < 1.29 is 0 Å². The number of hydrogen-bond donors (Lipinski definition) is 0. The predicted octanol–water partition coefficient (Wildman–Crippen LogP) is 4.93. The quantitative estimate of drug-likeness (QED) is 0.518. The molecule has 0 heterocycles. The molecule has 2 rings (SSSR count). The van der Waals surface area contributed by atoms with Crippen molar-refractivity contribution in [3.05, 3.63) is 65.2 Å². The molecule has 0 spiro atoms. The topological polar surface area (TPSA) is 0 Å². The van der Waals surface area contributed by atoms with E-state index in [0.717, 1.165) is 11.1 Å². The highest BCUT2D eigenvalue weighted by molar-refractivity contribution is 6.88. The summed E-state index contributed by atoms with van der Waals surface area (Å²) in [5, 5.41) is 1.46. The van der Waals surface area contributed by atoms with Gasteiger partial charge in [0.25, 0.3) is 0 Å². The van der Waals surface area contributed by atoms with Crippen LogP contribution >= 0.6 is 0 Å². The molecule has 0 bridgehead atoms. The van der Waals surface area contributed by atoms with E-state index in [1.807, 2.05) is 0 Å². The molecule has 2 aromatic carbocycles. The van der Waals surface area contributed by atoms with Gasteiger partial charge in [-0.1, -0.05) is 81.7 Å². The summed E-state index contributed by atoms with van der Waals surface area (Å²) < 4.78 is 0. The lowest BCUT2D eigenvalue weighted by atomic mass is 9.87. The van der Waals surface area contributed by atoms with Gasteiger partial charge in [0.2, 0.25) is 0 Å². The van der Waals surface area contributed by atoms with Crippen molar-refractivity contribution in [2.24, 2.45) is 0 Å². The fourth-order valence-corrected chi connectivity index (χ4v) is 3.45. The summed E-state index contributed by atoms with van der Waals surface area (Å²) >= 11 is 0. The van der Waals surface area contributed by atoms with Gasteiger partial charge in [0.15, 0.2) is 0 Å². The molecule has 114 valence electrons. The maximum atomic E-state index is 3.30. The summed E-state index contributed by atoms with van der Waals surface area (Å²) in [6.07, 6.45) is 0. The molecule has 0 atom stereocenters. The first-order chi connectivity index (χ1) is 10.2. The number of hydrogen-bond acceptors (Lipinski definition) is 0. The molecule has 0 fully saturated rings. The molecule has 0 aliphatic heterocycles. The van der Waals surface area contributed by atoms with Gasteiger partial charge in [-0.2, -0.15) is 0 Å². The van der Waals surface area contributed by atoms with E-state index in [2.05, 4.69) is 101 Å². The number of benzene rings is 2. The van der Waals surface area contributed by atoms with Crippen LogP contribution in [0.2, 0.25) is 19.6 Å². The van der Waals surface area contributed by atoms with Gasteiger partial charge < -0.3 is 0 Å². The second kappa shape index (κ2) is 6.14. The molecule has 0 aliphatic rings. The molecular formula is C21H26Si. The molecular weight excluding hydrogens is 280 g/mol. The van der Waals surface area contributed by atoms with Crippen LogP contribution in [0, 0.1) is 11.8 Å². The second-order valence-electron chi connectivity index (χ2n) is 7.91. The lowest BCUT2D eigenvalue weighted by Gasteiger charge is -2.18. The Morgan fingerprint density at radius 1 is 0.773 bits per heavy atom. The maximum absolute atomic E-state index is 3.30. The Balaban J connectivity index is 2.24. The summed E-state index contributed by atoms with van der Waals surface area (Å²) in [7, 11) is -1.27. The lowest BCUT2D eigenvalue weighted by Crippen LogP contribution is -2.37. The van der Waals surface area contributed by atoms with Crippen LogP contribution in [-0.4, -0.2) is 8.07 Å². The van der Waals surface area contributed by atoms with Crippen LogP contribution in [0.15, 0.2) is 48.5 Å². The normalized spacial score (nSPS) is 11.7. The van der Waals surface area contributed by atoms with Crippen molar-refractivity contribution in [3.8, 4) is 11.8 Å². The zero-order chi connectivity index (χ0) is 16.4. The SMILES string of the molecule is CC(C)(C)c1ccc(C#Cc2cccc([Si](C)(C)C)c2)cc1. The van der Waals surface area contributed by atoms with Gasteiger partial charge in [-0.15, -0.1) is 0 Å². The maximum Gasteiger partial charge on any atom is 0.0776 e. The van der Waals surface area contributed by atoms with Gasteiger partial charge in [0, 0.05) is 11.1 Å². The molecule has 0 aromatic heterocycles. The molecule has 22 heavy (non-hydrogen) atoms. The Morgan fingerprint density at radius 3 is 1.91 bits per heavy atom. The first-order valence-electron chi connectivity index (χ1n) is 7.89. The fourth-order valence-electron chi connectivity index (χ4n) is 2.26. The Kier molecular flexibility index (Phi) is 4.63. The Labute approximate surface area is 136 Å². The molecule has 0 amide bonds. The van der Waals surface area contributed by atoms with E-state index in [9.17, 15) is 0 Å². The van der Waals surface area contributed by atoms with Crippen LogP contribution < -0.4 is 5.19 Å². The van der Waals surface area contributed by atoms with E-state index < -0.39 is 8.07 Å². The summed E-state index contributed by atoms with van der Waals surface area (Å²) in [5.74, 6) is 6.59. The summed E-state index contributed by atoms with van der Waals surface area (Å²) in [6.45, 7) is 13.8. The average molecular weight is 307 g/mol.